The first-order valence-electron chi connectivity index (χ1n) is 11.2. The topological polar surface area (TPSA) is 119 Å². The number of anilines is 1. The molecular formula is C24H24F3N7O3. The molecule has 0 atom stereocenters. The third-order valence-corrected chi connectivity index (χ3v) is 4.98. The quantitative estimate of drug-likeness (QED) is 0.267. The molecule has 194 valence electrons. The molecule has 0 aliphatic rings. The molecule has 4 aromatic rings. The summed E-state index contributed by atoms with van der Waals surface area (Å²) in [6.45, 7) is 4.54. The fourth-order valence-electron chi connectivity index (χ4n) is 3.21. The number of rotatable bonds is 7. The van der Waals surface area contributed by atoms with Crippen molar-refractivity contribution in [3.8, 4) is 11.3 Å². The number of carbonyl (C=O) groups excluding carboxylic acids is 1. The van der Waals surface area contributed by atoms with Gasteiger partial charge in [0.15, 0.2) is 6.61 Å². The molecule has 2 amide bonds. The minimum Gasteiger partial charge on any atom is -0.387 e. The number of oxime groups is 1. The number of benzene rings is 1. The second-order valence-electron chi connectivity index (χ2n) is 9.11. The first kappa shape index (κ1) is 25.7. The lowest BCUT2D eigenvalue weighted by atomic mass is 9.97. The molecule has 0 aliphatic heterocycles. The maximum atomic E-state index is 12.3. The maximum Gasteiger partial charge on any atom is 0.405 e. The number of carbonyl (C=O) groups is 1. The molecule has 0 spiro atoms. The summed E-state index contributed by atoms with van der Waals surface area (Å²) in [6, 6.07) is 9.36. The van der Waals surface area contributed by atoms with Crippen molar-refractivity contribution in [3.05, 3.63) is 66.1 Å². The van der Waals surface area contributed by atoms with Crippen LogP contribution in [0.25, 0.3) is 16.9 Å². The molecule has 0 saturated heterocycles. The molecule has 2 N–H and O–H groups in total. The number of urea groups is 1. The van der Waals surface area contributed by atoms with E-state index in [9.17, 15) is 18.0 Å². The highest BCUT2D eigenvalue weighted by atomic mass is 19.4. The zero-order chi connectivity index (χ0) is 26.6. The first-order valence-corrected chi connectivity index (χ1v) is 11.2. The average molecular weight is 515 g/mol. The molecule has 37 heavy (non-hydrogen) atoms. The summed E-state index contributed by atoms with van der Waals surface area (Å²) >= 11 is 0. The van der Waals surface area contributed by atoms with Gasteiger partial charge >= 0.3 is 12.2 Å². The van der Waals surface area contributed by atoms with Crippen LogP contribution in [0.4, 0.5) is 23.7 Å². The van der Waals surface area contributed by atoms with Crippen molar-refractivity contribution in [1.82, 2.24) is 24.8 Å². The Hall–Kier alpha value is -4.42. The second-order valence-corrected chi connectivity index (χ2v) is 9.11. The second kappa shape index (κ2) is 10.3. The molecule has 0 bridgehead atoms. The van der Waals surface area contributed by atoms with E-state index in [0.29, 0.717) is 28.6 Å². The number of amides is 2. The lowest BCUT2D eigenvalue weighted by molar-refractivity contribution is -0.122. The van der Waals surface area contributed by atoms with Gasteiger partial charge in [-0.25, -0.2) is 9.78 Å². The van der Waals surface area contributed by atoms with E-state index >= 15 is 0 Å². The van der Waals surface area contributed by atoms with Crippen LogP contribution in [-0.4, -0.2) is 44.5 Å². The van der Waals surface area contributed by atoms with Gasteiger partial charge in [-0.1, -0.05) is 43.2 Å². The number of halogens is 3. The van der Waals surface area contributed by atoms with Crippen LogP contribution in [0.1, 0.15) is 38.0 Å². The molecule has 3 aromatic heterocycles. The molecule has 0 radical (unpaired) electrons. The zero-order valence-corrected chi connectivity index (χ0v) is 20.2. The number of hydrogen-bond acceptors (Lipinski definition) is 7. The van der Waals surface area contributed by atoms with Crippen LogP contribution < -0.4 is 10.6 Å². The summed E-state index contributed by atoms with van der Waals surface area (Å²) < 4.78 is 43.9. The highest BCUT2D eigenvalue weighted by molar-refractivity contribution is 5.90. The van der Waals surface area contributed by atoms with Crippen LogP contribution in [0.15, 0.2) is 58.5 Å². The number of nitrogens with one attached hydrogen (secondary N) is 2. The van der Waals surface area contributed by atoms with Crippen LogP contribution in [-0.2, 0) is 16.9 Å². The molecule has 4 rings (SSSR count). The van der Waals surface area contributed by atoms with Crippen LogP contribution >= 0.6 is 0 Å². The Balaban J connectivity index is 1.40. The van der Waals surface area contributed by atoms with Crippen molar-refractivity contribution in [2.75, 3.05) is 11.9 Å². The summed E-state index contributed by atoms with van der Waals surface area (Å²) in [5.74, 6) is 0.909. The Morgan fingerprint density at radius 2 is 2.03 bits per heavy atom. The molecule has 0 unspecified atom stereocenters. The third-order valence-electron chi connectivity index (χ3n) is 4.98. The van der Waals surface area contributed by atoms with E-state index in [4.69, 9.17) is 9.36 Å². The molecule has 3 heterocycles. The summed E-state index contributed by atoms with van der Waals surface area (Å²) in [4.78, 5) is 25.7. The maximum absolute atomic E-state index is 12.3. The number of alkyl halides is 3. The summed E-state index contributed by atoms with van der Waals surface area (Å²) in [5, 5.41) is 12.0. The van der Waals surface area contributed by atoms with Gasteiger partial charge in [-0.3, -0.25) is 4.40 Å². The fraction of sp³-hybridized carbons (Fsp3) is 0.292. The smallest absolute Gasteiger partial charge is 0.387 e. The largest absolute Gasteiger partial charge is 0.405 e. The average Bonchev–Trinajstić information content (AvgIpc) is 3.47. The van der Waals surface area contributed by atoms with Crippen LogP contribution in [0.3, 0.4) is 0 Å². The van der Waals surface area contributed by atoms with Gasteiger partial charge in [-0.05, 0) is 24.3 Å². The van der Waals surface area contributed by atoms with E-state index in [1.165, 1.54) is 6.21 Å². The minimum atomic E-state index is -4.49. The third kappa shape index (κ3) is 6.84. The van der Waals surface area contributed by atoms with E-state index in [1.54, 1.807) is 48.0 Å². The van der Waals surface area contributed by atoms with Gasteiger partial charge in [0, 0.05) is 28.4 Å². The summed E-state index contributed by atoms with van der Waals surface area (Å²) in [5.41, 5.74) is 2.89. The Labute approximate surface area is 209 Å². The van der Waals surface area contributed by atoms with E-state index in [1.807, 2.05) is 31.2 Å². The van der Waals surface area contributed by atoms with E-state index in [0.717, 1.165) is 11.3 Å². The van der Waals surface area contributed by atoms with Gasteiger partial charge in [-0.15, -0.1) is 0 Å². The van der Waals surface area contributed by atoms with Gasteiger partial charge in [0.25, 0.3) is 0 Å². The highest BCUT2D eigenvalue weighted by Gasteiger charge is 2.27. The number of aromatic nitrogens is 4. The van der Waals surface area contributed by atoms with E-state index < -0.39 is 18.8 Å². The van der Waals surface area contributed by atoms with Crippen molar-refractivity contribution in [2.45, 2.75) is 39.0 Å². The molecule has 0 saturated carbocycles. The molecular weight excluding hydrogens is 491 g/mol. The van der Waals surface area contributed by atoms with Crippen molar-refractivity contribution >= 4 is 23.6 Å². The fourth-order valence-corrected chi connectivity index (χ4v) is 3.21. The van der Waals surface area contributed by atoms with Gasteiger partial charge in [0.2, 0.25) is 11.7 Å². The number of imidazole rings is 1. The van der Waals surface area contributed by atoms with Crippen molar-refractivity contribution in [2.24, 2.45) is 5.16 Å². The normalized spacial score (nSPS) is 12.3. The number of hydrogen-bond donors (Lipinski definition) is 2. The van der Waals surface area contributed by atoms with Gasteiger partial charge in [0.1, 0.15) is 12.2 Å². The van der Waals surface area contributed by atoms with Crippen LogP contribution in [0.2, 0.25) is 0 Å². The van der Waals surface area contributed by atoms with Crippen molar-refractivity contribution < 1.29 is 27.3 Å². The van der Waals surface area contributed by atoms with E-state index in [2.05, 4.69) is 25.6 Å². The Kier molecular flexibility index (Phi) is 7.14. The van der Waals surface area contributed by atoms with Crippen molar-refractivity contribution in [1.29, 1.82) is 0 Å². The molecule has 1 aromatic carbocycles. The monoisotopic (exact) mass is 515 g/mol. The van der Waals surface area contributed by atoms with Gasteiger partial charge in [-0.2, -0.15) is 18.2 Å². The number of pyridine rings is 1. The molecule has 10 nitrogen and oxygen atoms in total. The molecule has 0 aliphatic carbocycles. The summed E-state index contributed by atoms with van der Waals surface area (Å²) in [6.07, 6.45) is 0.488. The Morgan fingerprint density at radius 1 is 1.22 bits per heavy atom. The highest BCUT2D eigenvalue weighted by Crippen LogP contribution is 2.24. The standard InChI is InChI=1S/C24H24F3N7O3/c1-23(2,3)21-32-19(33-37-21)13-36-30-11-15-7-8-34-18(12-28-20(34)9-15)16-5-4-6-17(10-16)31-22(35)29-14-24(25,26)27/h4-12H,13-14H2,1-3H3,(H2,29,31,35). The van der Waals surface area contributed by atoms with Gasteiger partial charge in [0.05, 0.1) is 18.1 Å². The molecule has 0 fully saturated rings. The Bertz CT molecular complexity index is 1420. The minimum absolute atomic E-state index is 0.0600. The lowest BCUT2D eigenvalue weighted by Crippen LogP contribution is -2.36. The first-order chi connectivity index (χ1) is 17.5. The van der Waals surface area contributed by atoms with Crippen LogP contribution in [0.5, 0.6) is 0 Å². The predicted molar refractivity (Wildman–Crippen MR) is 129 cm³/mol. The predicted octanol–water partition coefficient (Wildman–Crippen LogP) is 4.92. The van der Waals surface area contributed by atoms with Gasteiger partial charge < -0.3 is 20.0 Å². The lowest BCUT2D eigenvalue weighted by Gasteiger charge is -2.10. The van der Waals surface area contributed by atoms with E-state index in [-0.39, 0.29) is 12.0 Å². The number of nitrogens with zero attached hydrogens (tertiary/aromatic N) is 5. The number of fused-ring (bicyclic) bond motifs is 1. The Morgan fingerprint density at radius 3 is 2.76 bits per heavy atom. The molecule has 13 heteroatoms. The SMILES string of the molecule is CC(C)(C)c1nc(CON=Cc2ccn3c(-c4cccc(NC(=O)NCC(F)(F)F)c4)cnc3c2)no1. The zero-order valence-electron chi connectivity index (χ0n) is 20.2. The van der Waals surface area contributed by atoms with Crippen LogP contribution in [0, 0.1) is 0 Å². The summed E-state index contributed by atoms with van der Waals surface area (Å²) in [7, 11) is 0. The van der Waals surface area contributed by atoms with Crippen molar-refractivity contribution in [3.63, 3.8) is 0 Å².